The maximum atomic E-state index is 6.26. The standard InChI is InChI=1S/C45H29N3OS2/c1-2-10-26(11-3-1)43-46-44(48-45(47-43)34-16-9-18-37-41(34)33-13-4-6-17-36(33)49-37)28-21-23-39-35(24-28)31-22-20-27(25-40(31)50-39)29-14-8-15-32-30-12-5-7-19-38(30)51-42(29)32/h1-25,43-44,46H,(H,47,48). The van der Waals surface area contributed by atoms with Crippen LogP contribution in [0, 0.1) is 0 Å². The molecule has 4 heterocycles. The number of rotatable bonds is 4. The van der Waals surface area contributed by atoms with Gasteiger partial charge in [0, 0.05) is 56.7 Å². The number of benzene rings is 7. The van der Waals surface area contributed by atoms with Crippen molar-refractivity contribution in [3.05, 3.63) is 168 Å². The maximum Gasteiger partial charge on any atom is 0.136 e. The molecule has 11 rings (SSSR count). The van der Waals surface area contributed by atoms with Crippen LogP contribution < -0.4 is 10.6 Å². The van der Waals surface area contributed by atoms with Crippen molar-refractivity contribution in [2.45, 2.75) is 12.3 Å². The van der Waals surface area contributed by atoms with E-state index >= 15 is 0 Å². The third-order valence-corrected chi connectivity index (χ3v) is 12.5. The summed E-state index contributed by atoms with van der Waals surface area (Å²) in [5.41, 5.74) is 7.61. The minimum atomic E-state index is -0.227. The van der Waals surface area contributed by atoms with Crippen LogP contribution >= 0.6 is 22.7 Å². The third kappa shape index (κ3) is 4.65. The monoisotopic (exact) mass is 691 g/mol. The van der Waals surface area contributed by atoms with Gasteiger partial charge in [-0.3, -0.25) is 5.32 Å². The molecule has 0 bridgehead atoms. The summed E-state index contributed by atoms with van der Waals surface area (Å²) in [6.45, 7) is 0. The number of amidine groups is 1. The van der Waals surface area contributed by atoms with Gasteiger partial charge in [0.2, 0.25) is 0 Å². The van der Waals surface area contributed by atoms with Crippen molar-refractivity contribution in [1.82, 2.24) is 10.6 Å². The average Bonchev–Trinajstić information content (AvgIpc) is 3.88. The number of fused-ring (bicyclic) bond motifs is 9. The first-order valence-electron chi connectivity index (χ1n) is 17.2. The Morgan fingerprint density at radius 1 is 0.510 bits per heavy atom. The fourth-order valence-electron chi connectivity index (χ4n) is 7.76. The van der Waals surface area contributed by atoms with Crippen LogP contribution in [0.2, 0.25) is 0 Å². The first-order chi connectivity index (χ1) is 25.2. The zero-order valence-electron chi connectivity index (χ0n) is 27.3. The number of nitrogens with zero attached hydrogens (tertiary/aromatic N) is 1. The molecule has 51 heavy (non-hydrogen) atoms. The van der Waals surface area contributed by atoms with Crippen molar-refractivity contribution >= 4 is 90.8 Å². The molecule has 2 unspecified atom stereocenters. The molecule has 7 aromatic carbocycles. The Bertz CT molecular complexity index is 3010. The highest BCUT2D eigenvalue weighted by Crippen LogP contribution is 2.43. The number of furan rings is 1. The van der Waals surface area contributed by atoms with E-state index in [1.807, 2.05) is 40.9 Å². The first-order valence-corrected chi connectivity index (χ1v) is 18.8. The van der Waals surface area contributed by atoms with Crippen molar-refractivity contribution < 1.29 is 4.42 Å². The zero-order chi connectivity index (χ0) is 33.5. The fourth-order valence-corrected chi connectivity index (χ4v) is 10.1. The van der Waals surface area contributed by atoms with Gasteiger partial charge in [0.25, 0.3) is 0 Å². The van der Waals surface area contributed by atoms with Crippen LogP contribution in [0.4, 0.5) is 0 Å². The topological polar surface area (TPSA) is 49.6 Å². The summed E-state index contributed by atoms with van der Waals surface area (Å²) in [6, 6.07) is 54.2. The lowest BCUT2D eigenvalue weighted by Crippen LogP contribution is -2.45. The number of nitrogens with one attached hydrogen (secondary N) is 2. The van der Waals surface area contributed by atoms with E-state index in [4.69, 9.17) is 9.41 Å². The van der Waals surface area contributed by atoms with Gasteiger partial charge in [-0.05, 0) is 58.7 Å². The Labute approximate surface area is 301 Å². The molecule has 2 N–H and O–H groups in total. The summed E-state index contributed by atoms with van der Waals surface area (Å²) >= 11 is 3.75. The van der Waals surface area contributed by atoms with Crippen LogP contribution in [0.3, 0.4) is 0 Å². The van der Waals surface area contributed by atoms with E-state index in [0.29, 0.717) is 0 Å². The molecule has 3 aromatic heterocycles. The third-order valence-electron chi connectivity index (χ3n) is 10.2. The molecule has 0 aliphatic carbocycles. The summed E-state index contributed by atoms with van der Waals surface area (Å²) < 4.78 is 11.5. The highest BCUT2D eigenvalue weighted by molar-refractivity contribution is 7.26. The smallest absolute Gasteiger partial charge is 0.136 e. The van der Waals surface area contributed by atoms with Crippen LogP contribution in [-0.4, -0.2) is 5.84 Å². The van der Waals surface area contributed by atoms with Gasteiger partial charge in [-0.15, -0.1) is 22.7 Å². The molecule has 0 fully saturated rings. The number of para-hydroxylation sites is 1. The number of hydrogen-bond acceptors (Lipinski definition) is 6. The van der Waals surface area contributed by atoms with Gasteiger partial charge in [-0.25, -0.2) is 4.99 Å². The molecular weight excluding hydrogens is 663 g/mol. The lowest BCUT2D eigenvalue weighted by molar-refractivity contribution is 0.409. The second kappa shape index (κ2) is 11.4. The largest absolute Gasteiger partial charge is 0.456 e. The van der Waals surface area contributed by atoms with E-state index in [1.165, 1.54) is 57.0 Å². The zero-order valence-corrected chi connectivity index (χ0v) is 28.9. The molecule has 0 saturated carbocycles. The number of aliphatic imine (C=N–C) groups is 1. The molecular formula is C45H29N3OS2. The first kappa shape index (κ1) is 29.0. The Balaban J connectivity index is 1.01. The molecule has 1 aliphatic rings. The highest BCUT2D eigenvalue weighted by Gasteiger charge is 2.27. The van der Waals surface area contributed by atoms with Gasteiger partial charge in [0.05, 0.1) is 0 Å². The number of hydrogen-bond donors (Lipinski definition) is 2. The van der Waals surface area contributed by atoms with Crippen LogP contribution in [0.15, 0.2) is 161 Å². The Kier molecular flexibility index (Phi) is 6.46. The van der Waals surface area contributed by atoms with E-state index in [2.05, 4.69) is 144 Å². The summed E-state index contributed by atoms with van der Waals surface area (Å²) in [5, 5.41) is 15.0. The van der Waals surface area contributed by atoms with Gasteiger partial charge < -0.3 is 9.73 Å². The van der Waals surface area contributed by atoms with Crippen molar-refractivity contribution in [1.29, 1.82) is 0 Å². The van der Waals surface area contributed by atoms with Gasteiger partial charge in [-0.1, -0.05) is 115 Å². The lowest BCUT2D eigenvalue weighted by atomic mass is 10.00. The molecule has 1 aliphatic heterocycles. The Morgan fingerprint density at radius 3 is 2.20 bits per heavy atom. The number of thiophene rings is 2. The van der Waals surface area contributed by atoms with E-state index in [-0.39, 0.29) is 12.3 Å². The SMILES string of the molecule is c1ccc(C2N=C(c3cccc4oc5ccccc5c34)NC(c3ccc4sc5cc(-c6cccc7c6sc6ccccc67)ccc5c4c3)N2)cc1. The minimum absolute atomic E-state index is 0.166. The average molecular weight is 692 g/mol. The van der Waals surface area contributed by atoms with E-state index in [0.717, 1.165) is 38.9 Å². The predicted molar refractivity (Wildman–Crippen MR) is 216 cm³/mol. The van der Waals surface area contributed by atoms with E-state index in [1.54, 1.807) is 0 Å². The second-order valence-corrected chi connectivity index (χ2v) is 15.3. The Morgan fingerprint density at radius 2 is 1.25 bits per heavy atom. The van der Waals surface area contributed by atoms with Crippen LogP contribution in [0.1, 0.15) is 29.0 Å². The summed E-state index contributed by atoms with van der Waals surface area (Å²) in [6.07, 6.45) is -0.393. The Hall–Kier alpha value is -5.79. The molecule has 0 amide bonds. The van der Waals surface area contributed by atoms with Crippen molar-refractivity contribution in [3.8, 4) is 11.1 Å². The van der Waals surface area contributed by atoms with Gasteiger partial charge in [0.1, 0.15) is 29.3 Å². The normalized spacial score (nSPS) is 16.4. The highest BCUT2D eigenvalue weighted by atomic mass is 32.1. The van der Waals surface area contributed by atoms with Crippen molar-refractivity contribution in [2.75, 3.05) is 0 Å². The van der Waals surface area contributed by atoms with Crippen molar-refractivity contribution in [2.24, 2.45) is 4.99 Å². The molecule has 2 atom stereocenters. The van der Waals surface area contributed by atoms with Crippen molar-refractivity contribution in [3.63, 3.8) is 0 Å². The quantitative estimate of drug-likeness (QED) is 0.193. The van der Waals surface area contributed by atoms with Gasteiger partial charge in [0.15, 0.2) is 0 Å². The second-order valence-electron chi connectivity index (χ2n) is 13.2. The van der Waals surface area contributed by atoms with Crippen LogP contribution in [0.25, 0.3) is 73.4 Å². The molecule has 4 nitrogen and oxygen atoms in total. The van der Waals surface area contributed by atoms with Gasteiger partial charge >= 0.3 is 0 Å². The summed E-state index contributed by atoms with van der Waals surface area (Å²) in [7, 11) is 0. The van der Waals surface area contributed by atoms with Gasteiger partial charge in [-0.2, -0.15) is 0 Å². The predicted octanol–water partition coefficient (Wildman–Crippen LogP) is 12.3. The summed E-state index contributed by atoms with van der Waals surface area (Å²) in [5.74, 6) is 0.847. The molecule has 0 saturated heterocycles. The maximum absolute atomic E-state index is 6.26. The molecule has 6 heteroatoms. The molecule has 242 valence electrons. The molecule has 0 spiro atoms. The molecule has 10 aromatic rings. The lowest BCUT2D eigenvalue weighted by Gasteiger charge is -2.32. The van der Waals surface area contributed by atoms with E-state index < -0.39 is 0 Å². The minimum Gasteiger partial charge on any atom is -0.456 e. The van der Waals surface area contributed by atoms with E-state index in [9.17, 15) is 0 Å². The summed E-state index contributed by atoms with van der Waals surface area (Å²) in [4.78, 5) is 5.27. The van der Waals surface area contributed by atoms with Crippen LogP contribution in [0.5, 0.6) is 0 Å². The molecule has 0 radical (unpaired) electrons. The fraction of sp³-hybridized carbons (Fsp3) is 0.0444. The van der Waals surface area contributed by atoms with Crippen LogP contribution in [-0.2, 0) is 0 Å².